The molecule has 0 aliphatic carbocycles. The lowest BCUT2D eigenvalue weighted by atomic mass is 10.2. The topological polar surface area (TPSA) is 115 Å². The van der Waals surface area contributed by atoms with Gasteiger partial charge >= 0.3 is 0 Å². The van der Waals surface area contributed by atoms with E-state index in [9.17, 15) is 18.4 Å². The molecule has 0 spiro atoms. The van der Waals surface area contributed by atoms with E-state index in [4.69, 9.17) is 5.73 Å². The maximum Gasteiger partial charge on any atom is 0.288 e. The number of primary amides is 1. The van der Waals surface area contributed by atoms with Crippen molar-refractivity contribution in [1.82, 2.24) is 24.9 Å². The van der Waals surface area contributed by atoms with E-state index in [1.54, 1.807) is 0 Å². The number of hydrogen-bond donors (Lipinski definition) is 2. The molecule has 3 aromatic rings. The van der Waals surface area contributed by atoms with E-state index < -0.39 is 23.4 Å². The van der Waals surface area contributed by atoms with Crippen LogP contribution in [0.2, 0.25) is 0 Å². The van der Waals surface area contributed by atoms with Crippen LogP contribution in [0.1, 0.15) is 32.4 Å². The van der Waals surface area contributed by atoms with Crippen LogP contribution in [-0.4, -0.2) is 31.4 Å². The molecule has 3 rings (SSSR count). The summed E-state index contributed by atoms with van der Waals surface area (Å²) in [5.74, 6) is -3.65. The summed E-state index contributed by atoms with van der Waals surface area (Å²) < 4.78 is 27.3. The van der Waals surface area contributed by atoms with Crippen LogP contribution >= 0.6 is 15.9 Å². The molecule has 0 saturated carbocycles. The van der Waals surface area contributed by atoms with Gasteiger partial charge in [0.05, 0.1) is 5.69 Å². The summed E-state index contributed by atoms with van der Waals surface area (Å²) in [6.45, 7) is -0.0408. The maximum absolute atomic E-state index is 13.2. The Bertz CT molecular complexity index is 1020. The van der Waals surface area contributed by atoms with Crippen LogP contribution in [0.4, 0.5) is 8.78 Å². The second kappa shape index (κ2) is 7.12. The van der Waals surface area contributed by atoms with Crippen molar-refractivity contribution < 1.29 is 18.4 Å². The van der Waals surface area contributed by atoms with Gasteiger partial charge < -0.3 is 11.1 Å². The van der Waals surface area contributed by atoms with E-state index in [0.717, 1.165) is 16.6 Å². The van der Waals surface area contributed by atoms with Gasteiger partial charge in [0.25, 0.3) is 17.6 Å². The highest BCUT2D eigenvalue weighted by Crippen LogP contribution is 2.12. The number of nitrogens with zero attached hydrogens (tertiary/aromatic N) is 4. The number of rotatable bonds is 5. The number of nitrogens with one attached hydrogen (secondary N) is 1. The lowest BCUT2D eigenvalue weighted by Crippen LogP contribution is -2.26. The first-order valence-electron chi connectivity index (χ1n) is 7.23. The van der Waals surface area contributed by atoms with Gasteiger partial charge in [0.15, 0.2) is 11.6 Å². The number of fused-ring (bicyclic) bond motifs is 1. The second-order valence-corrected chi connectivity index (χ2v) is 5.77. The van der Waals surface area contributed by atoms with E-state index in [1.807, 2.05) is 0 Å². The predicted octanol–water partition coefficient (Wildman–Crippen LogP) is 1.33. The standard InChI is InChI=1S/C15H11BrF2N6O2/c16-5-8-4-11(24-15(21-8)22-13(23-24)12(19)25)14(26)20-6-7-1-2-9(17)10(18)3-7/h1-4H,5-6H2,(H2,19,25)(H,20,26). The van der Waals surface area contributed by atoms with Crippen molar-refractivity contribution in [3.8, 4) is 0 Å². The highest BCUT2D eigenvalue weighted by atomic mass is 79.9. The van der Waals surface area contributed by atoms with E-state index in [-0.39, 0.29) is 23.8 Å². The first kappa shape index (κ1) is 17.9. The van der Waals surface area contributed by atoms with Gasteiger partial charge in [-0.05, 0) is 23.8 Å². The molecule has 0 unspecified atom stereocenters. The van der Waals surface area contributed by atoms with Crippen LogP contribution in [0.15, 0.2) is 24.3 Å². The monoisotopic (exact) mass is 424 g/mol. The number of hydrogen-bond acceptors (Lipinski definition) is 5. The van der Waals surface area contributed by atoms with Crippen molar-refractivity contribution >= 4 is 33.5 Å². The van der Waals surface area contributed by atoms with Gasteiger partial charge in [-0.15, -0.1) is 5.10 Å². The van der Waals surface area contributed by atoms with E-state index >= 15 is 0 Å². The van der Waals surface area contributed by atoms with Crippen molar-refractivity contribution in [2.24, 2.45) is 5.73 Å². The third-order valence-corrected chi connectivity index (χ3v) is 3.97. The summed E-state index contributed by atoms with van der Waals surface area (Å²) in [7, 11) is 0. The molecule has 3 N–H and O–H groups in total. The average molecular weight is 425 g/mol. The first-order chi connectivity index (χ1) is 12.4. The molecular weight excluding hydrogens is 414 g/mol. The summed E-state index contributed by atoms with van der Waals surface area (Å²) in [6.07, 6.45) is 0. The minimum atomic E-state index is -1.01. The summed E-state index contributed by atoms with van der Waals surface area (Å²) in [5, 5.41) is 6.78. The SMILES string of the molecule is NC(=O)c1nc2nc(CBr)cc(C(=O)NCc3ccc(F)c(F)c3)n2n1. The maximum atomic E-state index is 13.2. The Labute approximate surface area is 153 Å². The fourth-order valence-corrected chi connectivity index (χ4v) is 2.46. The number of nitrogens with two attached hydrogens (primary N) is 1. The summed E-state index contributed by atoms with van der Waals surface area (Å²) >= 11 is 3.23. The predicted molar refractivity (Wildman–Crippen MR) is 89.5 cm³/mol. The highest BCUT2D eigenvalue weighted by Gasteiger charge is 2.18. The molecule has 2 amide bonds. The Morgan fingerprint density at radius 3 is 2.62 bits per heavy atom. The van der Waals surface area contributed by atoms with Crippen molar-refractivity contribution in [3.63, 3.8) is 0 Å². The molecule has 8 nitrogen and oxygen atoms in total. The molecule has 0 aliphatic heterocycles. The quantitative estimate of drug-likeness (QED) is 0.599. The minimum absolute atomic E-state index is 0.0359. The molecule has 2 aromatic heterocycles. The zero-order chi connectivity index (χ0) is 18.8. The van der Waals surface area contributed by atoms with Gasteiger partial charge in [0, 0.05) is 11.9 Å². The van der Waals surface area contributed by atoms with Gasteiger partial charge in [0.1, 0.15) is 5.69 Å². The highest BCUT2D eigenvalue weighted by molar-refractivity contribution is 9.08. The Balaban J connectivity index is 1.91. The molecule has 0 bridgehead atoms. The largest absolute Gasteiger partial charge is 0.363 e. The molecule has 0 atom stereocenters. The normalized spacial score (nSPS) is 10.9. The van der Waals surface area contributed by atoms with Gasteiger partial charge in [-0.3, -0.25) is 9.59 Å². The molecule has 0 radical (unpaired) electrons. The zero-order valence-corrected chi connectivity index (χ0v) is 14.6. The smallest absolute Gasteiger partial charge is 0.288 e. The fourth-order valence-electron chi connectivity index (χ4n) is 2.17. The fraction of sp³-hybridized carbons (Fsp3) is 0.133. The Hall–Kier alpha value is -2.95. The van der Waals surface area contributed by atoms with Crippen LogP contribution in [0, 0.1) is 11.6 Å². The van der Waals surface area contributed by atoms with Gasteiger partial charge in [-0.1, -0.05) is 22.0 Å². The van der Waals surface area contributed by atoms with Crippen molar-refractivity contribution in [3.05, 3.63) is 58.7 Å². The number of aromatic nitrogens is 4. The molecule has 1 aromatic carbocycles. The van der Waals surface area contributed by atoms with E-state index in [1.165, 1.54) is 12.1 Å². The molecule has 0 aliphatic rings. The van der Waals surface area contributed by atoms with Crippen molar-refractivity contribution in [2.75, 3.05) is 0 Å². The van der Waals surface area contributed by atoms with Crippen LogP contribution in [0.25, 0.3) is 5.78 Å². The number of halogens is 3. The second-order valence-electron chi connectivity index (χ2n) is 5.21. The van der Waals surface area contributed by atoms with Crippen LogP contribution in [0.3, 0.4) is 0 Å². The Kier molecular flexibility index (Phi) is 4.89. The van der Waals surface area contributed by atoms with Gasteiger partial charge in [0.2, 0.25) is 5.82 Å². The molecule has 0 fully saturated rings. The third-order valence-electron chi connectivity index (χ3n) is 3.39. The lowest BCUT2D eigenvalue weighted by Gasteiger charge is -2.08. The van der Waals surface area contributed by atoms with Gasteiger partial charge in [-0.2, -0.15) is 9.50 Å². The van der Waals surface area contributed by atoms with Crippen LogP contribution < -0.4 is 11.1 Å². The molecule has 134 valence electrons. The summed E-state index contributed by atoms with van der Waals surface area (Å²) in [6, 6.07) is 4.77. The van der Waals surface area contributed by atoms with E-state index in [2.05, 4.69) is 36.3 Å². The number of carbonyl (C=O) groups excluding carboxylic acids is 2. The van der Waals surface area contributed by atoms with Crippen LogP contribution in [0.5, 0.6) is 0 Å². The number of amides is 2. The third kappa shape index (κ3) is 3.52. The Morgan fingerprint density at radius 2 is 1.96 bits per heavy atom. The van der Waals surface area contributed by atoms with E-state index in [0.29, 0.717) is 16.6 Å². The van der Waals surface area contributed by atoms with Gasteiger partial charge in [-0.25, -0.2) is 13.8 Å². The molecule has 11 heteroatoms. The van der Waals surface area contributed by atoms with Crippen molar-refractivity contribution in [1.29, 1.82) is 0 Å². The average Bonchev–Trinajstić information content (AvgIpc) is 3.06. The molecule has 2 heterocycles. The summed E-state index contributed by atoms with van der Waals surface area (Å²) in [4.78, 5) is 31.8. The Morgan fingerprint density at radius 1 is 1.19 bits per heavy atom. The number of benzene rings is 1. The lowest BCUT2D eigenvalue weighted by molar-refractivity contribution is 0.0940. The number of carbonyl (C=O) groups is 2. The molecule has 26 heavy (non-hydrogen) atoms. The van der Waals surface area contributed by atoms with Crippen LogP contribution in [-0.2, 0) is 11.9 Å². The summed E-state index contributed by atoms with van der Waals surface area (Å²) in [5.41, 5.74) is 6.08. The zero-order valence-electron chi connectivity index (χ0n) is 13.0. The first-order valence-corrected chi connectivity index (χ1v) is 8.35. The minimum Gasteiger partial charge on any atom is -0.363 e. The molecular formula is C15H11BrF2N6O2. The number of alkyl halides is 1. The van der Waals surface area contributed by atoms with Crippen molar-refractivity contribution in [2.45, 2.75) is 11.9 Å². The molecule has 0 saturated heterocycles.